The third kappa shape index (κ3) is 1.57. The molecule has 3 rings (SSSR count). The van der Waals surface area contributed by atoms with Gasteiger partial charge in [-0.2, -0.15) is 15.6 Å². The summed E-state index contributed by atoms with van der Waals surface area (Å²) in [5, 5.41) is 31.4. The molecule has 0 amide bonds. The van der Waals surface area contributed by atoms with E-state index in [0.717, 1.165) is 44.9 Å². The summed E-state index contributed by atoms with van der Waals surface area (Å²) in [6, 6.07) is 4.77. The third-order valence-electron chi connectivity index (χ3n) is 5.78. The Kier molecular flexibility index (Phi) is 3.04. The van der Waals surface area contributed by atoms with Crippen LogP contribution >= 0.6 is 0 Å². The first kappa shape index (κ1) is 12.9. The zero-order chi connectivity index (χ0) is 13.5. The summed E-state index contributed by atoms with van der Waals surface area (Å²) in [7, 11) is 0. The maximum absolute atomic E-state index is 10.8. The fraction of sp³-hybridized carbons (Fsp3) is 0.867. The summed E-state index contributed by atoms with van der Waals surface area (Å²) in [5.74, 6) is 0.474. The second-order valence-corrected chi connectivity index (χ2v) is 6.51. The van der Waals surface area contributed by atoms with Crippen LogP contribution in [0.25, 0.3) is 0 Å². The van der Waals surface area contributed by atoms with Crippen LogP contribution in [0.5, 0.6) is 0 Å². The lowest BCUT2D eigenvalue weighted by atomic mass is 9.58. The number of nitrogens with zero attached hydrogens (tertiary/aromatic N) is 3. The van der Waals surface area contributed by atoms with Gasteiger partial charge in [-0.15, -0.1) is 0 Å². The summed E-state index contributed by atoms with van der Waals surface area (Å²) in [5.41, 5.74) is -1.61. The molecule has 0 spiro atoms. The molecule has 4 heteroatoms. The van der Waals surface area contributed by atoms with E-state index < -0.39 is 11.1 Å². The Hall–Kier alpha value is -1.10. The average molecular weight is 259 g/mol. The van der Waals surface area contributed by atoms with Gasteiger partial charge in [0.25, 0.3) is 0 Å². The van der Waals surface area contributed by atoms with Crippen LogP contribution in [0.4, 0.5) is 0 Å². The minimum atomic E-state index is -0.804. The molecule has 2 saturated carbocycles. The van der Waals surface area contributed by atoms with Crippen molar-refractivity contribution in [3.05, 3.63) is 0 Å². The molecule has 0 aromatic heterocycles. The lowest BCUT2D eigenvalue weighted by Gasteiger charge is -2.58. The van der Waals surface area contributed by atoms with Crippen molar-refractivity contribution >= 4 is 0 Å². The Balaban J connectivity index is 2.04. The summed E-state index contributed by atoms with van der Waals surface area (Å²) in [6.07, 6.45) is 8.65. The van der Waals surface area contributed by atoms with Gasteiger partial charge in [0, 0.05) is 0 Å². The van der Waals surface area contributed by atoms with Gasteiger partial charge in [-0.3, -0.25) is 0 Å². The van der Waals surface area contributed by atoms with E-state index in [1.165, 1.54) is 5.06 Å². The van der Waals surface area contributed by atoms with Crippen LogP contribution < -0.4 is 0 Å². The maximum atomic E-state index is 10.8. The molecule has 1 aliphatic heterocycles. The molecule has 19 heavy (non-hydrogen) atoms. The number of hydroxylamine groups is 2. The number of fused-ring (bicyclic) bond motifs is 2. The first-order valence-corrected chi connectivity index (χ1v) is 7.51. The molecule has 0 aromatic carbocycles. The lowest BCUT2D eigenvalue weighted by molar-refractivity contribution is -0.275. The Morgan fingerprint density at radius 3 is 1.79 bits per heavy atom. The Bertz CT molecular complexity index is 411. The van der Waals surface area contributed by atoms with Gasteiger partial charge in [-0.1, -0.05) is 25.7 Å². The minimum Gasteiger partial charge on any atom is -0.311 e. The molecule has 1 heterocycles. The fourth-order valence-corrected chi connectivity index (χ4v) is 4.73. The molecule has 3 fully saturated rings. The molecule has 3 aliphatic rings. The third-order valence-corrected chi connectivity index (χ3v) is 5.78. The molecular weight excluding hydrogens is 238 g/mol. The van der Waals surface area contributed by atoms with E-state index in [9.17, 15) is 15.7 Å². The van der Waals surface area contributed by atoms with E-state index in [2.05, 4.69) is 12.1 Å². The van der Waals surface area contributed by atoms with E-state index in [0.29, 0.717) is 12.8 Å². The predicted octanol–water partition coefficient (Wildman–Crippen LogP) is 2.99. The SMILES string of the molecule is N#C[C@]12CCCC[C@@H]1C[C@@H]1CCCC[C@]1(C#N)N2O. The van der Waals surface area contributed by atoms with Crippen molar-refractivity contribution < 1.29 is 5.21 Å². The molecule has 4 nitrogen and oxygen atoms in total. The van der Waals surface area contributed by atoms with Gasteiger partial charge >= 0.3 is 0 Å². The molecule has 0 bridgehead atoms. The zero-order valence-electron chi connectivity index (χ0n) is 11.3. The quantitative estimate of drug-likeness (QED) is 0.726. The number of piperidine rings is 1. The summed E-state index contributed by atoms with van der Waals surface area (Å²) in [4.78, 5) is 0. The summed E-state index contributed by atoms with van der Waals surface area (Å²) < 4.78 is 0. The molecule has 1 N–H and O–H groups in total. The maximum Gasteiger partial charge on any atom is 0.137 e. The Morgan fingerprint density at radius 2 is 1.37 bits per heavy atom. The molecule has 0 radical (unpaired) electrons. The van der Waals surface area contributed by atoms with E-state index in [1.807, 2.05) is 0 Å². The molecule has 102 valence electrons. The van der Waals surface area contributed by atoms with Crippen LogP contribution in [0.15, 0.2) is 0 Å². The van der Waals surface area contributed by atoms with E-state index in [-0.39, 0.29) is 11.8 Å². The number of hydrogen-bond donors (Lipinski definition) is 1. The molecule has 0 unspecified atom stereocenters. The van der Waals surface area contributed by atoms with Crippen molar-refractivity contribution in [2.24, 2.45) is 11.8 Å². The van der Waals surface area contributed by atoms with Gasteiger partial charge in [0.05, 0.1) is 12.1 Å². The number of rotatable bonds is 0. The smallest absolute Gasteiger partial charge is 0.137 e. The van der Waals surface area contributed by atoms with Crippen LogP contribution in [0.1, 0.15) is 57.8 Å². The molecule has 0 aromatic rings. The van der Waals surface area contributed by atoms with Crippen molar-refractivity contribution in [2.75, 3.05) is 0 Å². The van der Waals surface area contributed by atoms with E-state index in [1.54, 1.807) is 0 Å². The lowest BCUT2D eigenvalue weighted by Crippen LogP contribution is -2.69. The van der Waals surface area contributed by atoms with Crippen molar-refractivity contribution in [3.8, 4) is 12.1 Å². The number of nitriles is 2. The summed E-state index contributed by atoms with van der Waals surface area (Å²) >= 11 is 0. The van der Waals surface area contributed by atoms with Crippen LogP contribution in [-0.4, -0.2) is 21.3 Å². The first-order valence-electron chi connectivity index (χ1n) is 7.51. The fourth-order valence-electron chi connectivity index (χ4n) is 4.73. The topological polar surface area (TPSA) is 71.0 Å². The standard InChI is InChI=1S/C15H21N3O/c16-10-14-7-3-1-5-12(14)9-13-6-2-4-8-15(13,11-17)18(14)19/h12-13,19H,1-9H2/t12-,13+,14-,15-/m1/s1. The van der Waals surface area contributed by atoms with E-state index in [4.69, 9.17) is 0 Å². The minimum absolute atomic E-state index is 0.237. The van der Waals surface area contributed by atoms with Gasteiger partial charge in [0.1, 0.15) is 11.1 Å². The normalized spacial score (nSPS) is 46.5. The number of hydrogen-bond acceptors (Lipinski definition) is 4. The highest BCUT2D eigenvalue weighted by Crippen LogP contribution is 2.54. The van der Waals surface area contributed by atoms with Gasteiger partial charge in [-0.25, -0.2) is 0 Å². The van der Waals surface area contributed by atoms with Crippen LogP contribution in [0.3, 0.4) is 0 Å². The van der Waals surface area contributed by atoms with Crippen LogP contribution in [-0.2, 0) is 0 Å². The molecular formula is C15H21N3O. The van der Waals surface area contributed by atoms with Crippen molar-refractivity contribution in [1.29, 1.82) is 10.5 Å². The molecule has 1 saturated heterocycles. The van der Waals surface area contributed by atoms with E-state index >= 15 is 0 Å². The Labute approximate surface area is 114 Å². The van der Waals surface area contributed by atoms with Crippen LogP contribution in [0, 0.1) is 34.5 Å². The average Bonchev–Trinajstić information content (AvgIpc) is 2.48. The highest BCUT2D eigenvalue weighted by Gasteiger charge is 2.62. The van der Waals surface area contributed by atoms with Gasteiger partial charge < -0.3 is 5.21 Å². The van der Waals surface area contributed by atoms with Gasteiger partial charge in [0.15, 0.2) is 0 Å². The predicted molar refractivity (Wildman–Crippen MR) is 68.8 cm³/mol. The largest absolute Gasteiger partial charge is 0.311 e. The molecule has 4 atom stereocenters. The molecule has 2 aliphatic carbocycles. The van der Waals surface area contributed by atoms with Crippen LogP contribution in [0.2, 0.25) is 0 Å². The second kappa shape index (κ2) is 4.47. The zero-order valence-corrected chi connectivity index (χ0v) is 11.3. The highest BCUT2D eigenvalue weighted by atomic mass is 16.5. The highest BCUT2D eigenvalue weighted by molar-refractivity contribution is 5.25. The second-order valence-electron chi connectivity index (χ2n) is 6.51. The monoisotopic (exact) mass is 259 g/mol. The van der Waals surface area contributed by atoms with Gasteiger partial charge in [0.2, 0.25) is 0 Å². The van der Waals surface area contributed by atoms with Crippen molar-refractivity contribution in [2.45, 2.75) is 68.9 Å². The van der Waals surface area contributed by atoms with Gasteiger partial charge in [-0.05, 0) is 43.9 Å². The Morgan fingerprint density at radius 1 is 0.895 bits per heavy atom. The van der Waals surface area contributed by atoms with Crippen molar-refractivity contribution in [1.82, 2.24) is 5.06 Å². The summed E-state index contributed by atoms with van der Waals surface area (Å²) in [6.45, 7) is 0. The van der Waals surface area contributed by atoms with Crippen molar-refractivity contribution in [3.63, 3.8) is 0 Å². The first-order chi connectivity index (χ1) is 9.19.